The van der Waals surface area contributed by atoms with Gasteiger partial charge in [0.15, 0.2) is 10.1 Å². The molecule has 7 nitrogen and oxygen atoms in total. The number of halogens is 2. The highest BCUT2D eigenvalue weighted by Crippen LogP contribution is 2.44. The molecule has 0 radical (unpaired) electrons. The summed E-state index contributed by atoms with van der Waals surface area (Å²) >= 11 is 16.1. The molecule has 0 saturated carbocycles. The van der Waals surface area contributed by atoms with Crippen molar-refractivity contribution in [2.75, 3.05) is 4.90 Å². The molecule has 4 aromatic rings. The number of amides is 1. The Balaban J connectivity index is 1.46. The fourth-order valence-electron chi connectivity index (χ4n) is 3.57. The molecular formula is C23H14Cl2N4O3S3. The maximum absolute atomic E-state index is 13.3. The van der Waals surface area contributed by atoms with Gasteiger partial charge in [0.25, 0.3) is 5.91 Å². The summed E-state index contributed by atoms with van der Waals surface area (Å²) in [5.41, 5.74) is 1.50. The van der Waals surface area contributed by atoms with Crippen molar-refractivity contribution in [3.05, 3.63) is 97.6 Å². The number of aliphatic hydroxyl groups is 1. The molecule has 1 amide bonds. The van der Waals surface area contributed by atoms with E-state index in [2.05, 4.69) is 15.2 Å². The van der Waals surface area contributed by atoms with Gasteiger partial charge in [-0.05, 0) is 46.8 Å². The van der Waals surface area contributed by atoms with Crippen molar-refractivity contribution >= 4 is 74.5 Å². The predicted molar refractivity (Wildman–Crippen MR) is 139 cm³/mol. The molecule has 1 atom stereocenters. The topological polar surface area (TPSA) is 96.3 Å². The molecule has 176 valence electrons. The molecule has 1 aliphatic rings. The van der Waals surface area contributed by atoms with Gasteiger partial charge < -0.3 is 5.11 Å². The van der Waals surface area contributed by atoms with E-state index in [0.29, 0.717) is 30.6 Å². The maximum atomic E-state index is 13.3. The Hall–Kier alpha value is -2.76. The maximum Gasteiger partial charge on any atom is 0.296 e. The van der Waals surface area contributed by atoms with Crippen LogP contribution in [0.2, 0.25) is 10.0 Å². The van der Waals surface area contributed by atoms with Crippen molar-refractivity contribution in [1.82, 2.24) is 15.2 Å². The second kappa shape index (κ2) is 10.1. The van der Waals surface area contributed by atoms with Crippen LogP contribution in [-0.2, 0) is 10.5 Å². The van der Waals surface area contributed by atoms with Gasteiger partial charge in [-0.25, -0.2) is 0 Å². The molecule has 0 spiro atoms. The zero-order valence-corrected chi connectivity index (χ0v) is 21.6. The average Bonchev–Trinajstić information content (AvgIpc) is 3.60. The quantitative estimate of drug-likeness (QED) is 0.159. The summed E-state index contributed by atoms with van der Waals surface area (Å²) in [4.78, 5) is 32.2. The number of hydrogen-bond acceptors (Lipinski definition) is 9. The van der Waals surface area contributed by atoms with E-state index in [0.717, 1.165) is 5.56 Å². The summed E-state index contributed by atoms with van der Waals surface area (Å²) in [6, 6.07) is 11.2. The van der Waals surface area contributed by atoms with Crippen LogP contribution in [0.1, 0.15) is 26.8 Å². The van der Waals surface area contributed by atoms with Crippen LogP contribution in [0, 0.1) is 0 Å². The standard InChI is InChI=1S/C23H14Cl2N4O3S3/c24-14-4-3-13(15(25)10-14)11-34-23-28-27-22(35-23)29-18(12-5-7-26-8-6-12)17(20(31)21(29)32)19(30)16-2-1-9-33-16/h1-10,18,31H,11H2. The van der Waals surface area contributed by atoms with Crippen molar-refractivity contribution in [3.8, 4) is 0 Å². The van der Waals surface area contributed by atoms with E-state index >= 15 is 0 Å². The molecule has 5 rings (SSSR count). The number of thiophene rings is 1. The van der Waals surface area contributed by atoms with Gasteiger partial charge in [-0.1, -0.05) is 58.4 Å². The Kier molecular flexibility index (Phi) is 6.90. The number of benzene rings is 1. The number of thioether (sulfide) groups is 1. The lowest BCUT2D eigenvalue weighted by Gasteiger charge is -2.23. The summed E-state index contributed by atoms with van der Waals surface area (Å²) < 4.78 is 0.602. The van der Waals surface area contributed by atoms with E-state index in [-0.39, 0.29) is 10.7 Å². The van der Waals surface area contributed by atoms with E-state index in [1.54, 1.807) is 54.2 Å². The molecule has 0 aliphatic carbocycles. The molecule has 0 bridgehead atoms. The molecule has 0 saturated heterocycles. The van der Waals surface area contributed by atoms with Crippen molar-refractivity contribution < 1.29 is 14.7 Å². The number of ketones is 1. The Morgan fingerprint density at radius 2 is 1.94 bits per heavy atom. The number of carbonyl (C=O) groups excluding carboxylic acids is 2. The predicted octanol–water partition coefficient (Wildman–Crippen LogP) is 6.38. The lowest BCUT2D eigenvalue weighted by molar-refractivity contribution is -0.117. The van der Waals surface area contributed by atoms with E-state index < -0.39 is 23.5 Å². The fourth-order valence-corrected chi connectivity index (χ4v) is 6.68. The van der Waals surface area contributed by atoms with Gasteiger partial charge >= 0.3 is 0 Å². The highest BCUT2D eigenvalue weighted by atomic mass is 35.5. The molecule has 1 aliphatic heterocycles. The minimum Gasteiger partial charge on any atom is -0.503 e. The average molecular weight is 561 g/mol. The fraction of sp³-hybridized carbons (Fsp3) is 0.0870. The minimum atomic E-state index is -0.864. The van der Waals surface area contributed by atoms with Crippen molar-refractivity contribution in [1.29, 1.82) is 0 Å². The normalized spacial score (nSPS) is 15.8. The van der Waals surface area contributed by atoms with Crippen molar-refractivity contribution in [2.24, 2.45) is 0 Å². The number of pyridine rings is 1. The van der Waals surface area contributed by atoms with Crippen LogP contribution in [0.25, 0.3) is 0 Å². The highest BCUT2D eigenvalue weighted by Gasteiger charge is 2.46. The number of aliphatic hydroxyl groups excluding tert-OH is 1. The first-order chi connectivity index (χ1) is 16.9. The number of hydrogen-bond donors (Lipinski definition) is 1. The first-order valence-corrected chi connectivity index (χ1v) is 13.5. The summed E-state index contributed by atoms with van der Waals surface area (Å²) in [6.45, 7) is 0. The largest absolute Gasteiger partial charge is 0.503 e. The van der Waals surface area contributed by atoms with Gasteiger partial charge in [0.05, 0.1) is 16.5 Å². The molecule has 3 aromatic heterocycles. The zero-order chi connectivity index (χ0) is 24.5. The zero-order valence-electron chi connectivity index (χ0n) is 17.6. The van der Waals surface area contributed by atoms with E-state index in [1.165, 1.54) is 39.3 Å². The number of nitrogens with zero attached hydrogens (tertiary/aromatic N) is 4. The Morgan fingerprint density at radius 3 is 2.66 bits per heavy atom. The monoisotopic (exact) mass is 560 g/mol. The first kappa shape index (κ1) is 24.0. The second-order valence-electron chi connectivity index (χ2n) is 7.30. The van der Waals surface area contributed by atoms with Crippen LogP contribution in [-0.4, -0.2) is 32.0 Å². The van der Waals surface area contributed by atoms with Gasteiger partial charge in [-0.3, -0.25) is 19.5 Å². The minimum absolute atomic E-state index is 0.000925. The SMILES string of the molecule is O=C(C1=C(O)C(=O)N(c2nnc(SCc3ccc(Cl)cc3Cl)s2)C1c1ccncc1)c1cccs1. The van der Waals surface area contributed by atoms with Gasteiger partial charge in [0.1, 0.15) is 0 Å². The Morgan fingerprint density at radius 1 is 1.14 bits per heavy atom. The molecule has 1 N–H and O–H groups in total. The van der Waals surface area contributed by atoms with E-state index in [9.17, 15) is 14.7 Å². The Bertz CT molecular complexity index is 1440. The molecule has 0 fully saturated rings. The van der Waals surface area contributed by atoms with Crippen LogP contribution in [0.3, 0.4) is 0 Å². The van der Waals surface area contributed by atoms with Crippen molar-refractivity contribution in [3.63, 3.8) is 0 Å². The van der Waals surface area contributed by atoms with Crippen LogP contribution >= 0.6 is 57.6 Å². The lowest BCUT2D eigenvalue weighted by atomic mass is 9.96. The smallest absolute Gasteiger partial charge is 0.296 e. The number of anilines is 1. The summed E-state index contributed by atoms with van der Waals surface area (Å²) in [6.07, 6.45) is 3.13. The third-order valence-corrected chi connectivity index (χ3v) is 8.75. The third-order valence-electron chi connectivity index (χ3n) is 5.19. The summed E-state index contributed by atoms with van der Waals surface area (Å²) in [5, 5.41) is 22.3. The molecule has 1 unspecified atom stereocenters. The van der Waals surface area contributed by atoms with E-state index in [1.807, 2.05) is 6.07 Å². The highest BCUT2D eigenvalue weighted by molar-refractivity contribution is 8.00. The van der Waals surface area contributed by atoms with Crippen LogP contribution in [0.4, 0.5) is 5.13 Å². The first-order valence-electron chi connectivity index (χ1n) is 10.1. The van der Waals surface area contributed by atoms with Gasteiger partial charge in [-0.15, -0.1) is 21.5 Å². The number of carbonyl (C=O) groups is 2. The molecule has 4 heterocycles. The number of Topliss-reactive ketones (excluding diaryl/α,β-unsaturated/α-hetero) is 1. The van der Waals surface area contributed by atoms with Crippen LogP contribution < -0.4 is 4.90 Å². The Labute approximate surface area is 222 Å². The number of aromatic nitrogens is 3. The molecule has 35 heavy (non-hydrogen) atoms. The van der Waals surface area contributed by atoms with Crippen LogP contribution in [0.15, 0.2) is 75.9 Å². The summed E-state index contributed by atoms with van der Waals surface area (Å²) in [5.74, 6) is -1.19. The van der Waals surface area contributed by atoms with E-state index in [4.69, 9.17) is 23.2 Å². The molecule has 12 heteroatoms. The van der Waals surface area contributed by atoms with Crippen molar-refractivity contribution in [2.45, 2.75) is 16.1 Å². The molecular weight excluding hydrogens is 547 g/mol. The lowest BCUT2D eigenvalue weighted by Crippen LogP contribution is -2.31. The summed E-state index contributed by atoms with van der Waals surface area (Å²) in [7, 11) is 0. The van der Waals surface area contributed by atoms with Gasteiger partial charge in [0, 0.05) is 28.2 Å². The third kappa shape index (κ3) is 4.72. The molecule has 1 aromatic carbocycles. The van der Waals surface area contributed by atoms with Gasteiger partial charge in [-0.2, -0.15) is 0 Å². The number of rotatable bonds is 7. The van der Waals surface area contributed by atoms with Crippen LogP contribution in [0.5, 0.6) is 0 Å². The second-order valence-corrected chi connectivity index (χ2v) is 11.3. The van der Waals surface area contributed by atoms with Gasteiger partial charge in [0.2, 0.25) is 10.9 Å².